The zero-order chi connectivity index (χ0) is 24.6. The largest absolute Gasteiger partial charge is 0.494 e. The van der Waals surface area contributed by atoms with E-state index in [-0.39, 0.29) is 24.4 Å². The van der Waals surface area contributed by atoms with Gasteiger partial charge in [-0.1, -0.05) is 37.3 Å². The Labute approximate surface area is 206 Å². The van der Waals surface area contributed by atoms with Crippen molar-refractivity contribution < 1.29 is 14.3 Å². The van der Waals surface area contributed by atoms with E-state index in [0.717, 1.165) is 48.0 Å². The van der Waals surface area contributed by atoms with Crippen molar-refractivity contribution in [2.24, 2.45) is 5.92 Å². The standard InChI is InChI=1S/C28H34N4O3/c1-4-35-24-12-8-5-9-20(24)17-32-26(33)25-30-22-10-6-7-11-23(22)31(25)18-28(32,3)27(34)29-21-15-13-19(2)14-16-21/h5-12,19,21H,4,13-18H2,1-3H3,(H,29,34)/t19?,21?,28-/m1/s1. The second-order valence-corrected chi connectivity index (χ2v) is 10.1. The van der Waals surface area contributed by atoms with Gasteiger partial charge in [-0.05, 0) is 63.6 Å². The zero-order valence-electron chi connectivity index (χ0n) is 20.8. The summed E-state index contributed by atoms with van der Waals surface area (Å²) in [5.41, 5.74) is 1.43. The van der Waals surface area contributed by atoms with E-state index in [1.165, 1.54) is 0 Å². The number of aromatic nitrogens is 2. The molecule has 3 aromatic rings. The van der Waals surface area contributed by atoms with Gasteiger partial charge < -0.3 is 19.5 Å². The number of imidazole rings is 1. The van der Waals surface area contributed by atoms with E-state index in [4.69, 9.17) is 4.74 Å². The summed E-state index contributed by atoms with van der Waals surface area (Å²) in [5.74, 6) is 1.44. The molecule has 2 aliphatic rings. The van der Waals surface area contributed by atoms with Crippen LogP contribution in [0.4, 0.5) is 0 Å². The number of nitrogens with one attached hydrogen (secondary N) is 1. The highest BCUT2D eigenvalue weighted by Gasteiger charge is 2.49. The fraction of sp³-hybridized carbons (Fsp3) is 0.464. The van der Waals surface area contributed by atoms with E-state index in [0.29, 0.717) is 24.9 Å². The number of nitrogens with zero attached hydrogens (tertiary/aromatic N) is 3. The highest BCUT2D eigenvalue weighted by Crippen LogP contribution is 2.34. The van der Waals surface area contributed by atoms with Crippen LogP contribution in [-0.4, -0.2) is 44.5 Å². The lowest BCUT2D eigenvalue weighted by atomic mass is 9.86. The lowest BCUT2D eigenvalue weighted by molar-refractivity contribution is -0.134. The minimum absolute atomic E-state index is 0.109. The molecule has 0 unspecified atom stereocenters. The van der Waals surface area contributed by atoms with Crippen molar-refractivity contribution in [1.82, 2.24) is 19.8 Å². The van der Waals surface area contributed by atoms with Crippen LogP contribution in [0.2, 0.25) is 0 Å². The summed E-state index contributed by atoms with van der Waals surface area (Å²) in [6.45, 7) is 7.23. The molecule has 7 nitrogen and oxygen atoms in total. The Balaban J connectivity index is 1.53. The number of carbonyl (C=O) groups excluding carboxylic acids is 2. The molecule has 35 heavy (non-hydrogen) atoms. The summed E-state index contributed by atoms with van der Waals surface area (Å²) in [6.07, 6.45) is 4.18. The van der Waals surface area contributed by atoms with Crippen LogP contribution in [-0.2, 0) is 17.9 Å². The van der Waals surface area contributed by atoms with Crippen molar-refractivity contribution in [1.29, 1.82) is 0 Å². The first-order valence-electron chi connectivity index (χ1n) is 12.7. The van der Waals surface area contributed by atoms with E-state index in [2.05, 4.69) is 17.2 Å². The number of fused-ring (bicyclic) bond motifs is 3. The van der Waals surface area contributed by atoms with Gasteiger partial charge in [0.15, 0.2) is 5.82 Å². The monoisotopic (exact) mass is 474 g/mol. The van der Waals surface area contributed by atoms with Crippen LogP contribution in [0.5, 0.6) is 5.75 Å². The Kier molecular flexibility index (Phi) is 6.26. The van der Waals surface area contributed by atoms with Crippen LogP contribution in [0.15, 0.2) is 48.5 Å². The fourth-order valence-electron chi connectivity index (χ4n) is 5.42. The first kappa shape index (κ1) is 23.4. The summed E-state index contributed by atoms with van der Waals surface area (Å²) in [5, 5.41) is 3.30. The van der Waals surface area contributed by atoms with Gasteiger partial charge in [0, 0.05) is 11.6 Å². The maximum atomic E-state index is 13.9. The molecule has 1 saturated carbocycles. The SMILES string of the molecule is CCOc1ccccc1CN1C(=O)c2nc3ccccc3n2C[C@]1(C)C(=O)NC1CCC(C)CC1. The first-order valence-corrected chi connectivity index (χ1v) is 12.7. The molecule has 2 amide bonds. The van der Waals surface area contributed by atoms with Crippen molar-refractivity contribution in [3.05, 3.63) is 59.9 Å². The summed E-state index contributed by atoms with van der Waals surface area (Å²) in [4.78, 5) is 34.2. The van der Waals surface area contributed by atoms with Crippen LogP contribution in [0, 0.1) is 5.92 Å². The van der Waals surface area contributed by atoms with Crippen LogP contribution in [0.1, 0.15) is 62.6 Å². The summed E-state index contributed by atoms with van der Waals surface area (Å²) in [6, 6.07) is 15.6. The van der Waals surface area contributed by atoms with E-state index >= 15 is 0 Å². The lowest BCUT2D eigenvalue weighted by Gasteiger charge is -2.44. The maximum absolute atomic E-state index is 13.9. The van der Waals surface area contributed by atoms with Gasteiger partial charge in [0.2, 0.25) is 5.91 Å². The van der Waals surface area contributed by atoms with Gasteiger partial charge in [0.05, 0.1) is 30.7 Å². The molecular weight excluding hydrogens is 440 g/mol. The average molecular weight is 475 g/mol. The molecule has 5 rings (SSSR count). The van der Waals surface area contributed by atoms with Crippen LogP contribution in [0.25, 0.3) is 11.0 Å². The fourth-order valence-corrected chi connectivity index (χ4v) is 5.42. The van der Waals surface area contributed by atoms with Crippen molar-refractivity contribution in [3.63, 3.8) is 0 Å². The third-order valence-electron chi connectivity index (χ3n) is 7.59. The number of hydrogen-bond acceptors (Lipinski definition) is 4. The quantitative estimate of drug-likeness (QED) is 0.569. The molecule has 0 bridgehead atoms. The maximum Gasteiger partial charge on any atom is 0.291 e. The van der Waals surface area contributed by atoms with E-state index in [1.54, 1.807) is 4.90 Å². The number of hydrogen-bond donors (Lipinski definition) is 1. The van der Waals surface area contributed by atoms with E-state index in [9.17, 15) is 9.59 Å². The van der Waals surface area contributed by atoms with Crippen molar-refractivity contribution in [3.8, 4) is 5.75 Å². The Morgan fingerprint density at radius 2 is 1.83 bits per heavy atom. The van der Waals surface area contributed by atoms with E-state index < -0.39 is 5.54 Å². The third kappa shape index (κ3) is 4.28. The molecule has 0 saturated heterocycles. The van der Waals surface area contributed by atoms with Crippen molar-refractivity contribution in [2.45, 2.75) is 71.1 Å². The minimum Gasteiger partial charge on any atom is -0.494 e. The summed E-state index contributed by atoms with van der Waals surface area (Å²) < 4.78 is 7.74. The Morgan fingerprint density at radius 3 is 2.60 bits per heavy atom. The van der Waals surface area contributed by atoms with Gasteiger partial charge in [-0.25, -0.2) is 4.98 Å². The molecule has 1 aliphatic carbocycles. The third-order valence-corrected chi connectivity index (χ3v) is 7.59. The molecule has 2 aromatic carbocycles. The second kappa shape index (κ2) is 9.36. The summed E-state index contributed by atoms with van der Waals surface area (Å²) >= 11 is 0. The molecule has 1 atom stereocenters. The molecule has 7 heteroatoms. The van der Waals surface area contributed by atoms with Crippen LogP contribution >= 0.6 is 0 Å². The molecule has 1 fully saturated rings. The molecule has 2 heterocycles. The average Bonchev–Trinajstić information content (AvgIpc) is 3.23. The van der Waals surface area contributed by atoms with Gasteiger partial charge in [-0.3, -0.25) is 9.59 Å². The molecule has 1 N–H and O–H groups in total. The van der Waals surface area contributed by atoms with Gasteiger partial charge in [0.1, 0.15) is 11.3 Å². The Bertz CT molecular complexity index is 1240. The van der Waals surface area contributed by atoms with E-state index in [1.807, 2.05) is 66.9 Å². The van der Waals surface area contributed by atoms with Crippen LogP contribution < -0.4 is 10.1 Å². The minimum atomic E-state index is -1.07. The molecule has 0 radical (unpaired) electrons. The highest BCUT2D eigenvalue weighted by molar-refractivity contribution is 6.01. The van der Waals surface area contributed by atoms with Crippen molar-refractivity contribution >= 4 is 22.8 Å². The predicted molar refractivity (Wildman–Crippen MR) is 135 cm³/mol. The predicted octanol–water partition coefficient (Wildman–Crippen LogP) is 4.54. The molecular formula is C28H34N4O3. The van der Waals surface area contributed by atoms with Gasteiger partial charge in [-0.2, -0.15) is 0 Å². The number of carbonyl (C=O) groups is 2. The zero-order valence-corrected chi connectivity index (χ0v) is 20.8. The molecule has 184 valence electrons. The van der Waals surface area contributed by atoms with Crippen LogP contribution in [0.3, 0.4) is 0 Å². The number of benzene rings is 2. The number of para-hydroxylation sites is 3. The normalized spacial score (nSPS) is 24.3. The number of rotatable bonds is 6. The Hall–Kier alpha value is -3.35. The highest BCUT2D eigenvalue weighted by atomic mass is 16.5. The number of ether oxygens (including phenoxy) is 1. The van der Waals surface area contributed by atoms with Gasteiger partial charge >= 0.3 is 0 Å². The topological polar surface area (TPSA) is 76.5 Å². The molecule has 1 aromatic heterocycles. The summed E-state index contributed by atoms with van der Waals surface area (Å²) in [7, 11) is 0. The van der Waals surface area contributed by atoms with Gasteiger partial charge in [0.25, 0.3) is 5.91 Å². The first-order chi connectivity index (χ1) is 16.9. The lowest BCUT2D eigenvalue weighted by Crippen LogP contribution is -2.64. The smallest absolute Gasteiger partial charge is 0.291 e. The second-order valence-electron chi connectivity index (χ2n) is 10.1. The van der Waals surface area contributed by atoms with Crippen molar-refractivity contribution in [2.75, 3.05) is 6.61 Å². The number of amides is 2. The van der Waals surface area contributed by atoms with Gasteiger partial charge in [-0.15, -0.1) is 0 Å². The molecule has 0 spiro atoms. The Morgan fingerprint density at radius 1 is 1.11 bits per heavy atom. The molecule has 1 aliphatic heterocycles.